The standard InChI is InChI=1S/C27H26N6O3/c1-2-36-22-14-23(25-21(15-28)17-30-33(25)18-22)20-8-9-24(29-16-20)31-10-12-32(13-11-31)27(35)26(34)19-6-4-3-5-7-19/h3-9,14,16-18,26,34H,2,10-13H2,1H3/t26-/m1/s1. The Balaban J connectivity index is 1.31. The number of fused-ring (bicyclic) bond motifs is 1. The smallest absolute Gasteiger partial charge is 0.256 e. The molecule has 9 nitrogen and oxygen atoms in total. The fraction of sp³-hybridized carbons (Fsp3) is 0.259. The van der Waals surface area contributed by atoms with Crippen LogP contribution in [-0.4, -0.2) is 63.3 Å². The van der Waals surface area contributed by atoms with Crippen LogP contribution in [0.25, 0.3) is 16.6 Å². The average molecular weight is 483 g/mol. The van der Waals surface area contributed by atoms with Gasteiger partial charge < -0.3 is 19.6 Å². The van der Waals surface area contributed by atoms with E-state index in [9.17, 15) is 15.2 Å². The minimum absolute atomic E-state index is 0.281. The summed E-state index contributed by atoms with van der Waals surface area (Å²) in [5, 5.41) is 24.3. The first-order valence-corrected chi connectivity index (χ1v) is 11.9. The lowest BCUT2D eigenvalue weighted by Crippen LogP contribution is -2.50. The highest BCUT2D eigenvalue weighted by Crippen LogP contribution is 2.31. The number of pyridine rings is 2. The Morgan fingerprint density at radius 1 is 1.14 bits per heavy atom. The van der Waals surface area contributed by atoms with Gasteiger partial charge in [0.1, 0.15) is 17.6 Å². The van der Waals surface area contributed by atoms with E-state index < -0.39 is 6.10 Å². The summed E-state index contributed by atoms with van der Waals surface area (Å²) in [6, 6.07) is 17.0. The van der Waals surface area contributed by atoms with Gasteiger partial charge in [-0.1, -0.05) is 30.3 Å². The summed E-state index contributed by atoms with van der Waals surface area (Å²) < 4.78 is 7.35. The Morgan fingerprint density at radius 3 is 2.58 bits per heavy atom. The molecule has 1 aliphatic heterocycles. The number of carbonyl (C=O) groups excluding carboxylic acids is 1. The van der Waals surface area contributed by atoms with Crippen LogP contribution in [0.2, 0.25) is 0 Å². The molecule has 1 atom stereocenters. The van der Waals surface area contributed by atoms with Crippen LogP contribution in [0.5, 0.6) is 5.75 Å². The number of hydrogen-bond donors (Lipinski definition) is 1. The topological polar surface area (TPSA) is 107 Å². The van der Waals surface area contributed by atoms with Crippen molar-refractivity contribution in [3.05, 3.63) is 78.2 Å². The van der Waals surface area contributed by atoms with Crippen molar-refractivity contribution in [3.63, 3.8) is 0 Å². The maximum absolute atomic E-state index is 12.8. The monoisotopic (exact) mass is 482 g/mol. The molecule has 0 bridgehead atoms. The number of nitrogens with zero attached hydrogens (tertiary/aromatic N) is 6. The van der Waals surface area contributed by atoms with E-state index in [2.05, 4.69) is 21.1 Å². The van der Waals surface area contributed by atoms with E-state index in [1.54, 1.807) is 40.1 Å². The van der Waals surface area contributed by atoms with E-state index in [-0.39, 0.29) is 5.91 Å². The largest absolute Gasteiger partial charge is 0.492 e. The van der Waals surface area contributed by atoms with Gasteiger partial charge in [0.2, 0.25) is 0 Å². The molecule has 0 unspecified atom stereocenters. The number of rotatable bonds is 6. The number of aliphatic hydroxyl groups is 1. The summed E-state index contributed by atoms with van der Waals surface area (Å²) >= 11 is 0. The van der Waals surface area contributed by atoms with Crippen molar-refractivity contribution in [2.24, 2.45) is 0 Å². The molecule has 1 aliphatic rings. The van der Waals surface area contributed by atoms with Crippen molar-refractivity contribution >= 4 is 17.2 Å². The lowest BCUT2D eigenvalue weighted by atomic mass is 10.1. The number of piperazine rings is 1. The molecule has 3 aromatic heterocycles. The molecular weight excluding hydrogens is 456 g/mol. The van der Waals surface area contributed by atoms with Crippen molar-refractivity contribution in [2.45, 2.75) is 13.0 Å². The van der Waals surface area contributed by atoms with E-state index in [1.165, 1.54) is 0 Å². The Hall–Kier alpha value is -4.42. The highest BCUT2D eigenvalue weighted by molar-refractivity contribution is 5.85. The molecule has 4 aromatic rings. The Kier molecular flexibility index (Phi) is 6.52. The molecule has 1 N–H and O–H groups in total. The number of benzene rings is 1. The molecule has 1 amide bonds. The number of carbonyl (C=O) groups is 1. The van der Waals surface area contributed by atoms with Crippen LogP contribution >= 0.6 is 0 Å². The number of aliphatic hydroxyl groups excluding tert-OH is 1. The van der Waals surface area contributed by atoms with Crippen molar-refractivity contribution in [2.75, 3.05) is 37.7 Å². The van der Waals surface area contributed by atoms with E-state index >= 15 is 0 Å². The number of aromatic nitrogens is 3. The Morgan fingerprint density at radius 2 is 1.92 bits per heavy atom. The van der Waals surface area contributed by atoms with Gasteiger partial charge in [-0.05, 0) is 30.7 Å². The summed E-state index contributed by atoms with van der Waals surface area (Å²) in [7, 11) is 0. The third kappa shape index (κ3) is 4.46. The minimum atomic E-state index is -1.15. The fourth-order valence-electron chi connectivity index (χ4n) is 4.48. The van der Waals surface area contributed by atoms with Crippen LogP contribution in [0.15, 0.2) is 67.1 Å². The molecule has 0 spiro atoms. The number of ether oxygens (including phenoxy) is 1. The SMILES string of the molecule is CCOc1cc(-c2ccc(N3CCN(C(=O)[C@H](O)c4ccccc4)CC3)nc2)c2c(C#N)cnn2c1. The van der Waals surface area contributed by atoms with Gasteiger partial charge >= 0.3 is 0 Å². The number of hydrogen-bond acceptors (Lipinski definition) is 7. The molecule has 1 aromatic carbocycles. The first-order valence-electron chi connectivity index (χ1n) is 11.9. The number of amides is 1. The first kappa shape index (κ1) is 23.3. The maximum Gasteiger partial charge on any atom is 0.256 e. The van der Waals surface area contributed by atoms with Gasteiger partial charge in [-0.3, -0.25) is 4.79 Å². The van der Waals surface area contributed by atoms with E-state index in [0.29, 0.717) is 55.2 Å². The van der Waals surface area contributed by atoms with E-state index in [4.69, 9.17) is 4.74 Å². The quantitative estimate of drug-likeness (QED) is 0.450. The first-order chi connectivity index (χ1) is 17.6. The summed E-state index contributed by atoms with van der Waals surface area (Å²) in [4.78, 5) is 21.2. The van der Waals surface area contributed by atoms with Crippen LogP contribution < -0.4 is 9.64 Å². The normalized spacial score (nSPS) is 14.5. The second-order valence-corrected chi connectivity index (χ2v) is 8.52. The molecule has 182 valence electrons. The van der Waals surface area contributed by atoms with Gasteiger partial charge in [-0.2, -0.15) is 10.4 Å². The summed E-state index contributed by atoms with van der Waals surface area (Å²) in [5.41, 5.74) is 3.46. The lowest BCUT2D eigenvalue weighted by molar-refractivity contribution is -0.140. The molecule has 4 heterocycles. The molecule has 1 fully saturated rings. The van der Waals surface area contributed by atoms with Crippen molar-refractivity contribution in [1.29, 1.82) is 5.26 Å². The van der Waals surface area contributed by atoms with Gasteiger partial charge in [0.25, 0.3) is 5.91 Å². The average Bonchev–Trinajstić information content (AvgIpc) is 3.36. The van der Waals surface area contributed by atoms with Gasteiger partial charge in [-0.25, -0.2) is 9.50 Å². The highest BCUT2D eigenvalue weighted by Gasteiger charge is 2.27. The van der Waals surface area contributed by atoms with Crippen LogP contribution in [-0.2, 0) is 4.79 Å². The van der Waals surface area contributed by atoms with E-state index in [0.717, 1.165) is 16.9 Å². The van der Waals surface area contributed by atoms with Crippen LogP contribution in [0.3, 0.4) is 0 Å². The zero-order valence-electron chi connectivity index (χ0n) is 19.9. The molecule has 0 aliphatic carbocycles. The van der Waals surface area contributed by atoms with Gasteiger partial charge in [0, 0.05) is 43.5 Å². The number of nitriles is 1. The fourth-order valence-corrected chi connectivity index (χ4v) is 4.48. The second kappa shape index (κ2) is 10.1. The third-order valence-corrected chi connectivity index (χ3v) is 6.34. The van der Waals surface area contributed by atoms with E-state index in [1.807, 2.05) is 43.3 Å². The summed E-state index contributed by atoms with van der Waals surface area (Å²) in [6.45, 7) is 4.68. The molecule has 9 heteroatoms. The predicted octanol–water partition coefficient (Wildman–Crippen LogP) is 3.05. The van der Waals surface area contributed by atoms with Crippen molar-refractivity contribution in [1.82, 2.24) is 19.5 Å². The maximum atomic E-state index is 12.8. The lowest BCUT2D eigenvalue weighted by Gasteiger charge is -2.36. The van der Waals surface area contributed by atoms with Gasteiger partial charge in [-0.15, -0.1) is 0 Å². The molecule has 5 rings (SSSR count). The van der Waals surface area contributed by atoms with Gasteiger partial charge in [0.05, 0.1) is 30.1 Å². The van der Waals surface area contributed by atoms with Crippen molar-refractivity contribution in [3.8, 4) is 22.9 Å². The molecule has 1 saturated heterocycles. The zero-order chi connectivity index (χ0) is 25.1. The summed E-state index contributed by atoms with van der Waals surface area (Å²) in [5.74, 6) is 1.19. The Bertz CT molecular complexity index is 1400. The highest BCUT2D eigenvalue weighted by atomic mass is 16.5. The van der Waals surface area contributed by atoms with Crippen molar-refractivity contribution < 1.29 is 14.6 Å². The minimum Gasteiger partial charge on any atom is -0.492 e. The summed E-state index contributed by atoms with van der Waals surface area (Å²) in [6.07, 6.45) is 3.94. The van der Waals surface area contributed by atoms with Gasteiger partial charge in [0.15, 0.2) is 6.10 Å². The molecular formula is C27H26N6O3. The van der Waals surface area contributed by atoms with Crippen LogP contribution in [0.4, 0.5) is 5.82 Å². The zero-order valence-corrected chi connectivity index (χ0v) is 19.9. The third-order valence-electron chi connectivity index (χ3n) is 6.34. The van der Waals surface area contributed by atoms with Crippen LogP contribution in [0, 0.1) is 11.3 Å². The second-order valence-electron chi connectivity index (χ2n) is 8.52. The molecule has 0 saturated carbocycles. The number of anilines is 1. The molecule has 36 heavy (non-hydrogen) atoms. The molecule has 0 radical (unpaired) electrons. The Labute approximate surface area is 208 Å². The predicted molar refractivity (Wildman–Crippen MR) is 135 cm³/mol. The van der Waals surface area contributed by atoms with Crippen LogP contribution in [0.1, 0.15) is 24.2 Å².